The van der Waals surface area contributed by atoms with Crippen LogP contribution in [-0.4, -0.2) is 11.5 Å². The highest BCUT2D eigenvalue weighted by atomic mass is 35.5. The third kappa shape index (κ3) is 2.06. The van der Waals surface area contributed by atoms with Gasteiger partial charge in [-0.2, -0.15) is 0 Å². The minimum atomic E-state index is -0.407. The summed E-state index contributed by atoms with van der Waals surface area (Å²) in [4.78, 5) is 3.95. The first-order valence-electron chi connectivity index (χ1n) is 5.87. The second kappa shape index (κ2) is 4.58. The summed E-state index contributed by atoms with van der Waals surface area (Å²) >= 11 is 5.65. The Morgan fingerprint density at radius 3 is 3.00 bits per heavy atom. The maximum Gasteiger partial charge on any atom is 0.166 e. The van der Waals surface area contributed by atoms with E-state index in [0.717, 1.165) is 6.42 Å². The van der Waals surface area contributed by atoms with Gasteiger partial charge in [-0.15, -0.1) is 0 Å². The van der Waals surface area contributed by atoms with Crippen LogP contribution >= 0.6 is 11.6 Å². The van der Waals surface area contributed by atoms with Gasteiger partial charge in [0.15, 0.2) is 11.6 Å². The number of fused-ring (bicyclic) bond motifs is 1. The SMILES string of the molecule is Fc1cc(Cl)cnc1NCC1Cc2ccccc21. The Balaban J connectivity index is 1.66. The van der Waals surface area contributed by atoms with Crippen molar-refractivity contribution in [1.29, 1.82) is 0 Å². The summed E-state index contributed by atoms with van der Waals surface area (Å²) in [7, 11) is 0. The van der Waals surface area contributed by atoms with Gasteiger partial charge in [0.25, 0.3) is 0 Å². The predicted molar refractivity (Wildman–Crippen MR) is 70.6 cm³/mol. The molecule has 1 heterocycles. The number of nitrogens with one attached hydrogen (secondary N) is 1. The molecule has 1 N–H and O–H groups in total. The first kappa shape index (κ1) is 11.5. The molecule has 1 atom stereocenters. The number of hydrogen-bond acceptors (Lipinski definition) is 2. The van der Waals surface area contributed by atoms with Gasteiger partial charge in [0.05, 0.1) is 5.02 Å². The van der Waals surface area contributed by atoms with Gasteiger partial charge in [-0.05, 0) is 23.6 Å². The standard InChI is InChI=1S/C14H12ClFN2/c15-11-6-13(16)14(18-8-11)17-7-10-5-9-3-1-2-4-12(9)10/h1-4,6,8,10H,5,7H2,(H,17,18). The number of aromatic nitrogens is 1. The molecule has 1 aromatic heterocycles. The minimum absolute atomic E-state index is 0.267. The summed E-state index contributed by atoms with van der Waals surface area (Å²) in [5.41, 5.74) is 2.73. The summed E-state index contributed by atoms with van der Waals surface area (Å²) in [6.45, 7) is 0.697. The molecular weight excluding hydrogens is 251 g/mol. The lowest BCUT2D eigenvalue weighted by atomic mass is 9.77. The van der Waals surface area contributed by atoms with E-state index in [4.69, 9.17) is 11.6 Å². The van der Waals surface area contributed by atoms with Gasteiger partial charge in [0.1, 0.15) is 0 Å². The molecule has 1 aromatic carbocycles. The van der Waals surface area contributed by atoms with E-state index in [1.807, 2.05) is 12.1 Å². The normalized spacial score (nSPS) is 16.9. The largest absolute Gasteiger partial charge is 0.367 e. The summed E-state index contributed by atoms with van der Waals surface area (Å²) in [5.74, 6) is 0.303. The zero-order valence-corrected chi connectivity index (χ0v) is 10.4. The van der Waals surface area contributed by atoms with Crippen LogP contribution in [0, 0.1) is 5.82 Å². The van der Waals surface area contributed by atoms with Crippen LogP contribution in [-0.2, 0) is 6.42 Å². The third-order valence-corrected chi connectivity index (χ3v) is 3.49. The maximum atomic E-state index is 13.5. The number of halogens is 2. The van der Waals surface area contributed by atoms with E-state index in [1.54, 1.807) is 0 Å². The first-order valence-corrected chi connectivity index (χ1v) is 6.24. The fraction of sp³-hybridized carbons (Fsp3) is 0.214. The topological polar surface area (TPSA) is 24.9 Å². The van der Waals surface area contributed by atoms with Crippen LogP contribution in [0.3, 0.4) is 0 Å². The highest BCUT2D eigenvalue weighted by Gasteiger charge is 2.25. The molecule has 0 saturated carbocycles. The average molecular weight is 263 g/mol. The lowest BCUT2D eigenvalue weighted by Gasteiger charge is -2.30. The van der Waals surface area contributed by atoms with Crippen molar-refractivity contribution in [3.05, 3.63) is 58.5 Å². The van der Waals surface area contributed by atoms with E-state index in [1.165, 1.54) is 23.4 Å². The highest BCUT2D eigenvalue weighted by molar-refractivity contribution is 6.30. The van der Waals surface area contributed by atoms with E-state index in [9.17, 15) is 4.39 Å². The Hall–Kier alpha value is -1.61. The van der Waals surface area contributed by atoms with Crippen molar-refractivity contribution in [3.8, 4) is 0 Å². The number of benzene rings is 1. The van der Waals surface area contributed by atoms with Gasteiger partial charge in [-0.25, -0.2) is 9.37 Å². The number of anilines is 1. The second-order valence-corrected chi connectivity index (χ2v) is 4.90. The molecule has 0 radical (unpaired) electrons. The lowest BCUT2D eigenvalue weighted by molar-refractivity contribution is 0.609. The van der Waals surface area contributed by atoms with Crippen molar-refractivity contribution in [2.45, 2.75) is 12.3 Å². The fourth-order valence-corrected chi connectivity index (χ4v) is 2.45. The van der Waals surface area contributed by atoms with Crippen molar-refractivity contribution in [2.75, 3.05) is 11.9 Å². The van der Waals surface area contributed by atoms with Crippen LogP contribution in [0.5, 0.6) is 0 Å². The van der Waals surface area contributed by atoms with Gasteiger partial charge in [0, 0.05) is 18.7 Å². The quantitative estimate of drug-likeness (QED) is 0.914. The number of nitrogens with zero attached hydrogens (tertiary/aromatic N) is 1. The molecule has 3 rings (SSSR count). The molecule has 18 heavy (non-hydrogen) atoms. The summed E-state index contributed by atoms with van der Waals surface area (Å²) < 4.78 is 13.5. The zero-order chi connectivity index (χ0) is 12.5. The molecule has 1 aliphatic carbocycles. The fourth-order valence-electron chi connectivity index (χ4n) is 2.31. The smallest absolute Gasteiger partial charge is 0.166 e. The van der Waals surface area contributed by atoms with Crippen LogP contribution in [0.2, 0.25) is 5.02 Å². The second-order valence-electron chi connectivity index (χ2n) is 4.46. The molecule has 0 fully saturated rings. The van der Waals surface area contributed by atoms with E-state index in [-0.39, 0.29) is 5.82 Å². The van der Waals surface area contributed by atoms with Crippen molar-refractivity contribution in [1.82, 2.24) is 4.98 Å². The van der Waals surface area contributed by atoms with Gasteiger partial charge in [-0.3, -0.25) is 0 Å². The summed E-state index contributed by atoms with van der Waals surface area (Å²) in [5, 5.41) is 3.35. The van der Waals surface area contributed by atoms with Crippen molar-refractivity contribution in [2.24, 2.45) is 0 Å². The monoisotopic (exact) mass is 262 g/mol. The highest BCUT2D eigenvalue weighted by Crippen LogP contribution is 2.34. The number of hydrogen-bond donors (Lipinski definition) is 1. The van der Waals surface area contributed by atoms with Gasteiger partial charge < -0.3 is 5.32 Å². The van der Waals surface area contributed by atoms with Gasteiger partial charge in [0.2, 0.25) is 0 Å². The Morgan fingerprint density at radius 1 is 1.39 bits per heavy atom. The van der Waals surface area contributed by atoms with Crippen molar-refractivity contribution in [3.63, 3.8) is 0 Å². The van der Waals surface area contributed by atoms with Gasteiger partial charge in [-0.1, -0.05) is 35.9 Å². The molecular formula is C14H12ClFN2. The third-order valence-electron chi connectivity index (χ3n) is 3.28. The summed E-state index contributed by atoms with van der Waals surface area (Å²) in [6.07, 6.45) is 2.49. The molecule has 1 unspecified atom stereocenters. The molecule has 0 amide bonds. The Morgan fingerprint density at radius 2 is 2.22 bits per heavy atom. The van der Waals surface area contributed by atoms with E-state index < -0.39 is 5.82 Å². The summed E-state index contributed by atoms with van der Waals surface area (Å²) in [6, 6.07) is 9.60. The minimum Gasteiger partial charge on any atom is -0.367 e. The molecule has 0 aliphatic heterocycles. The van der Waals surface area contributed by atoms with Crippen LogP contribution in [0.25, 0.3) is 0 Å². The first-order chi connectivity index (χ1) is 8.74. The van der Waals surface area contributed by atoms with Crippen LogP contribution in [0.15, 0.2) is 36.5 Å². The van der Waals surface area contributed by atoms with Crippen molar-refractivity contribution >= 4 is 17.4 Å². The molecule has 1 aliphatic rings. The average Bonchev–Trinajstić information content (AvgIpc) is 2.33. The molecule has 4 heteroatoms. The number of rotatable bonds is 3. The van der Waals surface area contributed by atoms with Gasteiger partial charge >= 0.3 is 0 Å². The van der Waals surface area contributed by atoms with Crippen LogP contribution in [0.1, 0.15) is 17.0 Å². The zero-order valence-electron chi connectivity index (χ0n) is 9.66. The van der Waals surface area contributed by atoms with E-state index in [2.05, 4.69) is 22.4 Å². The number of pyridine rings is 1. The Kier molecular flexibility index (Phi) is 2.92. The Bertz CT molecular complexity index is 586. The van der Waals surface area contributed by atoms with E-state index in [0.29, 0.717) is 17.5 Å². The predicted octanol–water partition coefficient (Wildman–Crippen LogP) is 3.63. The van der Waals surface area contributed by atoms with E-state index >= 15 is 0 Å². The van der Waals surface area contributed by atoms with Crippen LogP contribution in [0.4, 0.5) is 10.2 Å². The molecule has 0 bridgehead atoms. The molecule has 2 aromatic rings. The maximum absolute atomic E-state index is 13.5. The lowest BCUT2D eigenvalue weighted by Crippen LogP contribution is -2.24. The van der Waals surface area contributed by atoms with Crippen molar-refractivity contribution < 1.29 is 4.39 Å². The Labute approximate surface area is 110 Å². The van der Waals surface area contributed by atoms with Crippen LogP contribution < -0.4 is 5.32 Å². The molecule has 0 saturated heterocycles. The molecule has 2 nitrogen and oxygen atoms in total. The molecule has 0 spiro atoms. The molecule has 92 valence electrons.